The molecule has 0 spiro atoms. The van der Waals surface area contributed by atoms with E-state index in [0.717, 1.165) is 25.8 Å². The van der Waals surface area contributed by atoms with Crippen LogP contribution in [0.25, 0.3) is 0 Å². The molecular formula is C13H26N2O. The normalized spacial score (nSPS) is 18.6. The second kappa shape index (κ2) is 7.66. The van der Waals surface area contributed by atoms with Crippen LogP contribution in [0.15, 0.2) is 0 Å². The van der Waals surface area contributed by atoms with E-state index in [4.69, 9.17) is 5.73 Å². The maximum absolute atomic E-state index is 11.7. The van der Waals surface area contributed by atoms with E-state index in [-0.39, 0.29) is 5.91 Å². The summed E-state index contributed by atoms with van der Waals surface area (Å²) in [5.74, 6) is 0.863. The third kappa shape index (κ3) is 4.97. The summed E-state index contributed by atoms with van der Waals surface area (Å²) in [7, 11) is 0. The van der Waals surface area contributed by atoms with Crippen molar-refractivity contribution < 1.29 is 4.79 Å². The lowest BCUT2D eigenvalue weighted by atomic mass is 9.96. The first-order valence-electron chi connectivity index (χ1n) is 6.75. The van der Waals surface area contributed by atoms with Gasteiger partial charge >= 0.3 is 0 Å². The molecule has 3 nitrogen and oxygen atoms in total. The molecule has 1 atom stereocenters. The zero-order chi connectivity index (χ0) is 11.8. The summed E-state index contributed by atoms with van der Waals surface area (Å²) in [6, 6.07) is 0.460. The molecule has 1 aliphatic carbocycles. The highest BCUT2D eigenvalue weighted by molar-refractivity contribution is 5.76. The first-order chi connectivity index (χ1) is 7.76. The fourth-order valence-corrected chi connectivity index (χ4v) is 2.49. The maximum Gasteiger partial charge on any atom is 0.220 e. The molecule has 3 heteroatoms. The molecule has 0 heterocycles. The number of rotatable bonds is 7. The predicted molar refractivity (Wildman–Crippen MR) is 67.1 cm³/mol. The van der Waals surface area contributed by atoms with Gasteiger partial charge in [-0.15, -0.1) is 0 Å². The number of nitrogens with one attached hydrogen (secondary N) is 1. The third-order valence-electron chi connectivity index (χ3n) is 3.65. The van der Waals surface area contributed by atoms with Gasteiger partial charge < -0.3 is 11.1 Å². The topological polar surface area (TPSA) is 55.1 Å². The van der Waals surface area contributed by atoms with Crippen LogP contribution >= 0.6 is 0 Å². The lowest BCUT2D eigenvalue weighted by molar-refractivity contribution is -0.122. The van der Waals surface area contributed by atoms with E-state index in [2.05, 4.69) is 12.2 Å². The van der Waals surface area contributed by atoms with Gasteiger partial charge in [0.1, 0.15) is 0 Å². The molecule has 1 saturated carbocycles. The first kappa shape index (κ1) is 13.5. The van der Waals surface area contributed by atoms with E-state index in [1.54, 1.807) is 0 Å². The lowest BCUT2D eigenvalue weighted by Gasteiger charge is -2.15. The SMILES string of the molecule is CCC(CCN)CCC(=O)NC1CCCC1. The Morgan fingerprint density at radius 1 is 1.38 bits per heavy atom. The highest BCUT2D eigenvalue weighted by Crippen LogP contribution is 2.18. The van der Waals surface area contributed by atoms with Crippen molar-refractivity contribution in [2.75, 3.05) is 6.54 Å². The zero-order valence-electron chi connectivity index (χ0n) is 10.5. The van der Waals surface area contributed by atoms with Crippen LogP contribution in [0.5, 0.6) is 0 Å². The van der Waals surface area contributed by atoms with E-state index in [0.29, 0.717) is 18.4 Å². The largest absolute Gasteiger partial charge is 0.353 e. The van der Waals surface area contributed by atoms with E-state index in [9.17, 15) is 4.79 Å². The third-order valence-corrected chi connectivity index (χ3v) is 3.65. The standard InChI is InChI=1S/C13H26N2O/c1-2-11(9-10-14)7-8-13(16)15-12-5-3-4-6-12/h11-12H,2-10,14H2,1H3,(H,15,16). The summed E-state index contributed by atoms with van der Waals surface area (Å²) < 4.78 is 0. The monoisotopic (exact) mass is 226 g/mol. The zero-order valence-corrected chi connectivity index (χ0v) is 10.5. The van der Waals surface area contributed by atoms with Crippen LogP contribution in [-0.2, 0) is 4.79 Å². The average molecular weight is 226 g/mol. The maximum atomic E-state index is 11.7. The van der Waals surface area contributed by atoms with Gasteiger partial charge in [-0.3, -0.25) is 4.79 Å². The molecule has 1 fully saturated rings. The Balaban J connectivity index is 2.12. The van der Waals surface area contributed by atoms with Crippen LogP contribution in [0.2, 0.25) is 0 Å². The molecule has 1 unspecified atom stereocenters. The van der Waals surface area contributed by atoms with Crippen LogP contribution in [0, 0.1) is 5.92 Å². The Labute approximate surface area is 99.2 Å². The van der Waals surface area contributed by atoms with Crippen LogP contribution in [0.1, 0.15) is 58.3 Å². The van der Waals surface area contributed by atoms with Crippen LogP contribution in [0.3, 0.4) is 0 Å². The highest BCUT2D eigenvalue weighted by atomic mass is 16.1. The summed E-state index contributed by atoms with van der Waals surface area (Å²) in [4.78, 5) is 11.7. The summed E-state index contributed by atoms with van der Waals surface area (Å²) in [5, 5.41) is 3.13. The summed E-state index contributed by atoms with van der Waals surface area (Å²) in [5.41, 5.74) is 5.54. The minimum Gasteiger partial charge on any atom is -0.353 e. The van der Waals surface area contributed by atoms with E-state index in [1.165, 1.54) is 25.7 Å². The fraction of sp³-hybridized carbons (Fsp3) is 0.923. The van der Waals surface area contributed by atoms with Crippen LogP contribution in [-0.4, -0.2) is 18.5 Å². The predicted octanol–water partition coefficient (Wildman–Crippen LogP) is 2.20. The molecule has 0 aromatic rings. The number of nitrogens with two attached hydrogens (primary N) is 1. The Morgan fingerprint density at radius 2 is 2.06 bits per heavy atom. The number of carbonyl (C=O) groups excluding carboxylic acids is 1. The second-order valence-corrected chi connectivity index (χ2v) is 4.94. The molecule has 0 aliphatic heterocycles. The molecule has 0 aromatic carbocycles. The quantitative estimate of drug-likeness (QED) is 0.699. The van der Waals surface area contributed by atoms with Gasteiger partial charge in [0.15, 0.2) is 0 Å². The Kier molecular flexibility index (Phi) is 6.46. The minimum atomic E-state index is 0.238. The lowest BCUT2D eigenvalue weighted by Crippen LogP contribution is -2.32. The van der Waals surface area contributed by atoms with Crippen molar-refractivity contribution in [3.8, 4) is 0 Å². The van der Waals surface area contributed by atoms with Crippen LogP contribution < -0.4 is 11.1 Å². The molecule has 1 aliphatic rings. The number of carbonyl (C=O) groups is 1. The molecule has 0 bridgehead atoms. The van der Waals surface area contributed by atoms with Crippen molar-refractivity contribution in [1.82, 2.24) is 5.32 Å². The van der Waals surface area contributed by atoms with Gasteiger partial charge in [0, 0.05) is 12.5 Å². The summed E-state index contributed by atoms with van der Waals surface area (Å²) in [6.45, 7) is 2.91. The molecular weight excluding hydrogens is 200 g/mol. The van der Waals surface area contributed by atoms with Crippen molar-refractivity contribution in [3.63, 3.8) is 0 Å². The van der Waals surface area contributed by atoms with Crippen LogP contribution in [0.4, 0.5) is 0 Å². The molecule has 1 amide bonds. The smallest absolute Gasteiger partial charge is 0.220 e. The molecule has 0 aromatic heterocycles. The minimum absolute atomic E-state index is 0.238. The van der Waals surface area contributed by atoms with E-state index in [1.807, 2.05) is 0 Å². The Bertz CT molecular complexity index is 200. The molecule has 3 N–H and O–H groups in total. The Morgan fingerprint density at radius 3 is 2.62 bits per heavy atom. The van der Waals surface area contributed by atoms with Gasteiger partial charge in [-0.2, -0.15) is 0 Å². The fourth-order valence-electron chi connectivity index (χ4n) is 2.49. The number of hydrogen-bond acceptors (Lipinski definition) is 2. The van der Waals surface area contributed by atoms with Gasteiger partial charge in [-0.25, -0.2) is 0 Å². The van der Waals surface area contributed by atoms with E-state index >= 15 is 0 Å². The van der Waals surface area contributed by atoms with Gasteiger partial charge in [0.25, 0.3) is 0 Å². The van der Waals surface area contributed by atoms with Gasteiger partial charge in [0.05, 0.1) is 0 Å². The summed E-state index contributed by atoms with van der Waals surface area (Å²) in [6.07, 6.45) is 8.74. The van der Waals surface area contributed by atoms with Gasteiger partial charge in [-0.1, -0.05) is 26.2 Å². The van der Waals surface area contributed by atoms with Crippen molar-refractivity contribution in [1.29, 1.82) is 0 Å². The van der Waals surface area contributed by atoms with Crippen molar-refractivity contribution in [2.24, 2.45) is 11.7 Å². The molecule has 0 saturated heterocycles. The second-order valence-electron chi connectivity index (χ2n) is 4.94. The molecule has 0 radical (unpaired) electrons. The average Bonchev–Trinajstić information content (AvgIpc) is 2.76. The molecule has 16 heavy (non-hydrogen) atoms. The van der Waals surface area contributed by atoms with Gasteiger partial charge in [0.2, 0.25) is 5.91 Å². The Hall–Kier alpha value is -0.570. The highest BCUT2D eigenvalue weighted by Gasteiger charge is 2.17. The molecule has 94 valence electrons. The number of hydrogen-bond donors (Lipinski definition) is 2. The van der Waals surface area contributed by atoms with Crippen molar-refractivity contribution in [2.45, 2.75) is 64.3 Å². The van der Waals surface area contributed by atoms with Crippen molar-refractivity contribution in [3.05, 3.63) is 0 Å². The van der Waals surface area contributed by atoms with Crippen molar-refractivity contribution >= 4 is 5.91 Å². The van der Waals surface area contributed by atoms with Gasteiger partial charge in [-0.05, 0) is 38.1 Å². The molecule has 1 rings (SSSR count). The number of amides is 1. The van der Waals surface area contributed by atoms with E-state index < -0.39 is 0 Å². The first-order valence-corrected chi connectivity index (χ1v) is 6.75. The summed E-state index contributed by atoms with van der Waals surface area (Å²) >= 11 is 0.